The molecule has 1 aromatic rings. The molecule has 1 unspecified atom stereocenters. The zero-order valence-corrected chi connectivity index (χ0v) is 9.41. The number of rotatable bonds is 4. The Labute approximate surface area is 93.6 Å². The van der Waals surface area contributed by atoms with E-state index in [1.807, 2.05) is 6.92 Å². The van der Waals surface area contributed by atoms with Gasteiger partial charge in [-0.2, -0.15) is 0 Å². The minimum atomic E-state index is -0.206. The summed E-state index contributed by atoms with van der Waals surface area (Å²) < 4.78 is 5.03. The number of methoxy groups -OCH3 is 1. The summed E-state index contributed by atoms with van der Waals surface area (Å²) in [6.07, 6.45) is 3.04. The number of carbonyl (C=O) groups excluding carboxylic acids is 1. The number of carbonyl (C=O) groups is 1. The summed E-state index contributed by atoms with van der Waals surface area (Å²) in [4.78, 5) is 15.6. The van der Waals surface area contributed by atoms with Gasteiger partial charge in [0.1, 0.15) is 5.75 Å². The maximum Gasteiger partial charge on any atom is 0.255 e. The SMILES string of the molecule is COc1cnccc1C(=O)NC(C)CCl. The zero-order valence-electron chi connectivity index (χ0n) is 8.66. The number of ether oxygens (including phenoxy) is 1. The molecule has 0 aliphatic rings. The number of alkyl halides is 1. The molecule has 15 heavy (non-hydrogen) atoms. The minimum Gasteiger partial charge on any atom is -0.494 e. The molecule has 5 heteroatoms. The minimum absolute atomic E-state index is 0.0722. The van der Waals surface area contributed by atoms with E-state index in [2.05, 4.69) is 10.3 Å². The topological polar surface area (TPSA) is 51.2 Å². The summed E-state index contributed by atoms with van der Waals surface area (Å²) in [7, 11) is 1.50. The van der Waals surface area contributed by atoms with Gasteiger partial charge in [-0.05, 0) is 13.0 Å². The largest absolute Gasteiger partial charge is 0.494 e. The lowest BCUT2D eigenvalue weighted by Gasteiger charge is -2.12. The standard InChI is InChI=1S/C10H13ClN2O2/c1-7(5-11)13-10(14)8-3-4-12-6-9(8)15-2/h3-4,6-7H,5H2,1-2H3,(H,13,14). The van der Waals surface area contributed by atoms with Crippen LogP contribution in [-0.2, 0) is 0 Å². The highest BCUT2D eigenvalue weighted by atomic mass is 35.5. The fraction of sp³-hybridized carbons (Fsp3) is 0.400. The predicted octanol–water partition coefficient (Wildman–Crippen LogP) is 1.45. The van der Waals surface area contributed by atoms with Crippen molar-refractivity contribution < 1.29 is 9.53 Å². The van der Waals surface area contributed by atoms with Gasteiger partial charge in [-0.3, -0.25) is 9.78 Å². The van der Waals surface area contributed by atoms with E-state index in [1.165, 1.54) is 13.3 Å². The molecule has 0 aliphatic carbocycles. The predicted molar refractivity (Wildman–Crippen MR) is 58.4 cm³/mol. The number of hydrogen-bond donors (Lipinski definition) is 1. The number of hydrogen-bond acceptors (Lipinski definition) is 3. The van der Waals surface area contributed by atoms with Gasteiger partial charge in [0.15, 0.2) is 0 Å². The van der Waals surface area contributed by atoms with Gasteiger partial charge in [0.2, 0.25) is 0 Å². The molecule has 1 N–H and O–H groups in total. The van der Waals surface area contributed by atoms with Gasteiger partial charge in [-0.25, -0.2) is 0 Å². The third-order valence-corrected chi connectivity index (χ3v) is 2.32. The third kappa shape index (κ3) is 3.09. The molecule has 0 aliphatic heterocycles. The van der Waals surface area contributed by atoms with Crippen molar-refractivity contribution in [2.45, 2.75) is 13.0 Å². The maximum absolute atomic E-state index is 11.7. The second-order valence-corrected chi connectivity index (χ2v) is 3.41. The molecule has 1 atom stereocenters. The fourth-order valence-corrected chi connectivity index (χ4v) is 1.15. The molecule has 4 nitrogen and oxygen atoms in total. The number of halogens is 1. The van der Waals surface area contributed by atoms with E-state index in [1.54, 1.807) is 12.3 Å². The lowest BCUT2D eigenvalue weighted by atomic mass is 10.2. The first-order valence-corrected chi connectivity index (χ1v) is 5.07. The van der Waals surface area contributed by atoms with Crippen LogP contribution < -0.4 is 10.1 Å². The summed E-state index contributed by atoms with van der Waals surface area (Å²) in [5.41, 5.74) is 0.462. The second kappa shape index (κ2) is 5.56. The van der Waals surface area contributed by atoms with Crippen molar-refractivity contribution in [1.29, 1.82) is 0 Å². The van der Waals surface area contributed by atoms with Gasteiger partial charge in [-0.15, -0.1) is 11.6 Å². The Morgan fingerprint density at radius 3 is 3.07 bits per heavy atom. The first kappa shape index (κ1) is 11.8. The molecule has 0 saturated carbocycles. The Morgan fingerprint density at radius 1 is 1.73 bits per heavy atom. The molecule has 0 saturated heterocycles. The first-order chi connectivity index (χ1) is 7.19. The van der Waals surface area contributed by atoms with Gasteiger partial charge in [0.05, 0.1) is 18.9 Å². The number of amides is 1. The van der Waals surface area contributed by atoms with Crippen LogP contribution in [0.15, 0.2) is 18.5 Å². The molecule has 1 aromatic heterocycles. The molecule has 0 spiro atoms. The van der Waals surface area contributed by atoms with Crippen LogP contribution >= 0.6 is 11.6 Å². The summed E-state index contributed by atoms with van der Waals surface area (Å²) in [6, 6.07) is 1.53. The van der Waals surface area contributed by atoms with E-state index in [9.17, 15) is 4.79 Å². The molecule has 0 aromatic carbocycles. The van der Waals surface area contributed by atoms with Crippen molar-refractivity contribution in [3.63, 3.8) is 0 Å². The zero-order chi connectivity index (χ0) is 11.3. The lowest BCUT2D eigenvalue weighted by molar-refractivity contribution is 0.0940. The summed E-state index contributed by atoms with van der Waals surface area (Å²) in [6.45, 7) is 1.83. The summed E-state index contributed by atoms with van der Waals surface area (Å²) in [5.74, 6) is 0.623. The van der Waals surface area contributed by atoms with Gasteiger partial charge in [-0.1, -0.05) is 0 Å². The van der Waals surface area contributed by atoms with E-state index in [4.69, 9.17) is 16.3 Å². The highest BCUT2D eigenvalue weighted by Crippen LogP contribution is 2.15. The Morgan fingerprint density at radius 2 is 2.47 bits per heavy atom. The van der Waals surface area contributed by atoms with Gasteiger partial charge in [0.25, 0.3) is 5.91 Å². The molecule has 0 bridgehead atoms. The Balaban J connectivity index is 2.81. The maximum atomic E-state index is 11.7. The summed E-state index contributed by atoms with van der Waals surface area (Å²) >= 11 is 5.60. The molecule has 1 amide bonds. The van der Waals surface area contributed by atoms with Crippen molar-refractivity contribution in [2.24, 2.45) is 0 Å². The molecule has 1 heterocycles. The highest BCUT2D eigenvalue weighted by molar-refractivity contribution is 6.18. The summed E-state index contributed by atoms with van der Waals surface area (Å²) in [5, 5.41) is 2.74. The molecule has 0 fully saturated rings. The Kier molecular flexibility index (Phi) is 4.37. The van der Waals surface area contributed by atoms with Gasteiger partial charge >= 0.3 is 0 Å². The quantitative estimate of drug-likeness (QED) is 0.794. The molecule has 0 radical (unpaired) electrons. The fourth-order valence-electron chi connectivity index (χ4n) is 1.07. The van der Waals surface area contributed by atoms with E-state index >= 15 is 0 Å². The van der Waals surface area contributed by atoms with Crippen LogP contribution in [0, 0.1) is 0 Å². The highest BCUT2D eigenvalue weighted by Gasteiger charge is 2.13. The van der Waals surface area contributed by atoms with Crippen LogP contribution in [0.3, 0.4) is 0 Å². The van der Waals surface area contributed by atoms with E-state index in [-0.39, 0.29) is 11.9 Å². The number of pyridine rings is 1. The molecular weight excluding hydrogens is 216 g/mol. The van der Waals surface area contributed by atoms with Crippen molar-refractivity contribution in [2.75, 3.05) is 13.0 Å². The third-order valence-electron chi connectivity index (χ3n) is 1.86. The Hall–Kier alpha value is -1.29. The lowest BCUT2D eigenvalue weighted by Crippen LogP contribution is -2.33. The number of nitrogens with one attached hydrogen (secondary N) is 1. The monoisotopic (exact) mass is 228 g/mol. The number of aromatic nitrogens is 1. The van der Waals surface area contributed by atoms with E-state index in [0.717, 1.165) is 0 Å². The van der Waals surface area contributed by atoms with Crippen molar-refractivity contribution in [1.82, 2.24) is 10.3 Å². The van der Waals surface area contributed by atoms with Crippen LogP contribution in [0.4, 0.5) is 0 Å². The van der Waals surface area contributed by atoms with Crippen molar-refractivity contribution >= 4 is 17.5 Å². The van der Waals surface area contributed by atoms with Crippen LogP contribution in [0.5, 0.6) is 5.75 Å². The normalized spacial score (nSPS) is 11.9. The second-order valence-electron chi connectivity index (χ2n) is 3.10. The average molecular weight is 229 g/mol. The van der Waals surface area contributed by atoms with Crippen LogP contribution in [0.1, 0.15) is 17.3 Å². The number of nitrogens with zero attached hydrogens (tertiary/aromatic N) is 1. The van der Waals surface area contributed by atoms with Crippen LogP contribution in [-0.4, -0.2) is 29.9 Å². The Bertz CT molecular complexity index is 344. The van der Waals surface area contributed by atoms with Gasteiger partial charge < -0.3 is 10.1 Å². The van der Waals surface area contributed by atoms with E-state index < -0.39 is 0 Å². The van der Waals surface area contributed by atoms with Crippen molar-refractivity contribution in [3.8, 4) is 5.75 Å². The molecule has 1 rings (SSSR count). The average Bonchev–Trinajstić information content (AvgIpc) is 2.28. The van der Waals surface area contributed by atoms with Crippen LogP contribution in [0.25, 0.3) is 0 Å². The van der Waals surface area contributed by atoms with Crippen LogP contribution in [0.2, 0.25) is 0 Å². The van der Waals surface area contributed by atoms with Gasteiger partial charge in [0, 0.05) is 18.1 Å². The molecular formula is C10H13ClN2O2. The van der Waals surface area contributed by atoms with Crippen molar-refractivity contribution in [3.05, 3.63) is 24.0 Å². The first-order valence-electron chi connectivity index (χ1n) is 4.54. The molecule has 82 valence electrons. The smallest absolute Gasteiger partial charge is 0.255 e. The van der Waals surface area contributed by atoms with E-state index in [0.29, 0.717) is 17.2 Å².